The van der Waals surface area contributed by atoms with E-state index in [1.807, 2.05) is 30.3 Å². The van der Waals surface area contributed by atoms with E-state index in [1.54, 1.807) is 31.2 Å². The number of nitrogens with one attached hydrogen (secondary N) is 1. The molecular formula is C23H26N2O4. The third kappa shape index (κ3) is 6.08. The van der Waals surface area contributed by atoms with Crippen LogP contribution in [-0.4, -0.2) is 24.1 Å². The summed E-state index contributed by atoms with van der Waals surface area (Å²) in [5.74, 6) is -0.315. The fourth-order valence-electron chi connectivity index (χ4n) is 2.68. The van der Waals surface area contributed by atoms with Crippen molar-refractivity contribution in [3.63, 3.8) is 0 Å². The van der Waals surface area contributed by atoms with Gasteiger partial charge in [0.1, 0.15) is 5.75 Å². The standard InChI is InChI=1S/C23H26N2O4/c1-5-15(2)20-8-6-7-9-21(20)25-22(26)16(3)29-23(27)17(4)28-19-12-10-18(14-24)11-13-19/h6-13,15-17H,5H2,1-4H3,(H,25,26)/t15-,16+,17+/m0/s1. The van der Waals surface area contributed by atoms with Crippen molar-refractivity contribution in [1.29, 1.82) is 5.26 Å². The Labute approximate surface area is 171 Å². The van der Waals surface area contributed by atoms with E-state index >= 15 is 0 Å². The lowest BCUT2D eigenvalue weighted by Gasteiger charge is -2.20. The molecule has 1 amide bonds. The number of anilines is 1. The number of carbonyl (C=O) groups is 2. The lowest BCUT2D eigenvalue weighted by Crippen LogP contribution is -2.35. The van der Waals surface area contributed by atoms with Gasteiger partial charge in [-0.3, -0.25) is 4.79 Å². The zero-order valence-corrected chi connectivity index (χ0v) is 17.1. The Hall–Kier alpha value is -3.33. The monoisotopic (exact) mass is 394 g/mol. The van der Waals surface area contributed by atoms with E-state index in [4.69, 9.17) is 14.7 Å². The minimum absolute atomic E-state index is 0.296. The molecule has 0 bridgehead atoms. The number of hydrogen-bond donors (Lipinski definition) is 1. The van der Waals surface area contributed by atoms with Crippen molar-refractivity contribution in [2.24, 2.45) is 0 Å². The van der Waals surface area contributed by atoms with Gasteiger partial charge in [0.05, 0.1) is 11.6 Å². The molecule has 0 unspecified atom stereocenters. The number of esters is 1. The summed E-state index contributed by atoms with van der Waals surface area (Å²) in [7, 11) is 0. The van der Waals surface area contributed by atoms with E-state index in [2.05, 4.69) is 19.2 Å². The van der Waals surface area contributed by atoms with Gasteiger partial charge in [-0.25, -0.2) is 4.79 Å². The van der Waals surface area contributed by atoms with Crippen molar-refractivity contribution >= 4 is 17.6 Å². The molecule has 2 aromatic rings. The van der Waals surface area contributed by atoms with E-state index in [0.29, 0.717) is 17.2 Å². The number of ether oxygens (including phenoxy) is 2. The van der Waals surface area contributed by atoms with Gasteiger partial charge in [0, 0.05) is 5.69 Å². The van der Waals surface area contributed by atoms with E-state index in [9.17, 15) is 9.59 Å². The van der Waals surface area contributed by atoms with Crippen molar-refractivity contribution in [3.8, 4) is 11.8 Å². The number of nitriles is 1. The van der Waals surface area contributed by atoms with Gasteiger partial charge in [-0.1, -0.05) is 32.0 Å². The fraction of sp³-hybridized carbons (Fsp3) is 0.348. The topological polar surface area (TPSA) is 88.4 Å². The molecule has 0 saturated carbocycles. The van der Waals surface area contributed by atoms with Gasteiger partial charge in [0.25, 0.3) is 5.91 Å². The highest BCUT2D eigenvalue weighted by Gasteiger charge is 2.24. The van der Waals surface area contributed by atoms with Crippen LogP contribution >= 0.6 is 0 Å². The summed E-state index contributed by atoms with van der Waals surface area (Å²) in [4.78, 5) is 24.8. The van der Waals surface area contributed by atoms with Crippen molar-refractivity contribution < 1.29 is 19.1 Å². The second-order valence-electron chi connectivity index (χ2n) is 6.86. The number of benzene rings is 2. The van der Waals surface area contributed by atoms with Crippen molar-refractivity contribution in [2.45, 2.75) is 52.2 Å². The van der Waals surface area contributed by atoms with Crippen LogP contribution in [0.15, 0.2) is 48.5 Å². The molecule has 1 N–H and O–H groups in total. The van der Waals surface area contributed by atoms with Crippen molar-refractivity contribution in [3.05, 3.63) is 59.7 Å². The highest BCUT2D eigenvalue weighted by atomic mass is 16.6. The second kappa shape index (κ2) is 10.3. The second-order valence-corrected chi connectivity index (χ2v) is 6.86. The van der Waals surface area contributed by atoms with Crippen LogP contribution in [-0.2, 0) is 14.3 Å². The van der Waals surface area contributed by atoms with E-state index < -0.39 is 24.1 Å². The number of para-hydroxylation sites is 1. The summed E-state index contributed by atoms with van der Waals surface area (Å²) >= 11 is 0. The largest absolute Gasteiger partial charge is 0.479 e. The zero-order chi connectivity index (χ0) is 21.4. The third-order valence-corrected chi connectivity index (χ3v) is 4.65. The minimum atomic E-state index is -0.973. The number of hydrogen-bond acceptors (Lipinski definition) is 5. The highest BCUT2D eigenvalue weighted by Crippen LogP contribution is 2.26. The molecule has 152 valence electrons. The fourth-order valence-corrected chi connectivity index (χ4v) is 2.68. The first kappa shape index (κ1) is 22.0. The quantitative estimate of drug-likeness (QED) is 0.670. The van der Waals surface area contributed by atoms with Crippen LogP contribution in [0.1, 0.15) is 51.2 Å². The molecule has 0 aliphatic rings. The predicted molar refractivity (Wildman–Crippen MR) is 111 cm³/mol. The van der Waals surface area contributed by atoms with Crippen LogP contribution in [0.5, 0.6) is 5.75 Å². The third-order valence-electron chi connectivity index (χ3n) is 4.65. The Morgan fingerprint density at radius 1 is 1.03 bits per heavy atom. The molecule has 0 radical (unpaired) electrons. The van der Waals surface area contributed by atoms with Crippen LogP contribution in [0.4, 0.5) is 5.69 Å². The molecule has 3 atom stereocenters. The van der Waals surface area contributed by atoms with Gasteiger partial charge in [-0.2, -0.15) is 5.26 Å². The Kier molecular flexibility index (Phi) is 7.79. The average molecular weight is 394 g/mol. The molecule has 0 aliphatic carbocycles. The Morgan fingerprint density at radius 2 is 1.69 bits per heavy atom. The number of rotatable bonds is 8. The van der Waals surface area contributed by atoms with Crippen LogP contribution in [0.3, 0.4) is 0 Å². The summed E-state index contributed by atoms with van der Waals surface area (Å²) in [5, 5.41) is 11.7. The summed E-state index contributed by atoms with van der Waals surface area (Å²) < 4.78 is 10.8. The molecule has 6 nitrogen and oxygen atoms in total. The van der Waals surface area contributed by atoms with Crippen LogP contribution in [0.2, 0.25) is 0 Å². The van der Waals surface area contributed by atoms with Crippen molar-refractivity contribution in [2.75, 3.05) is 5.32 Å². The maximum absolute atomic E-state index is 12.5. The molecule has 0 saturated heterocycles. The summed E-state index contributed by atoms with van der Waals surface area (Å²) in [6.07, 6.45) is -0.924. The van der Waals surface area contributed by atoms with Crippen LogP contribution < -0.4 is 10.1 Å². The molecule has 0 fully saturated rings. The first-order valence-corrected chi connectivity index (χ1v) is 9.62. The maximum Gasteiger partial charge on any atom is 0.347 e. The molecule has 0 aromatic heterocycles. The van der Waals surface area contributed by atoms with Crippen molar-refractivity contribution in [1.82, 2.24) is 0 Å². The zero-order valence-electron chi connectivity index (χ0n) is 17.1. The molecule has 0 spiro atoms. The Bertz CT molecular complexity index is 886. The number of amides is 1. The highest BCUT2D eigenvalue weighted by molar-refractivity contribution is 5.96. The Morgan fingerprint density at radius 3 is 2.31 bits per heavy atom. The van der Waals surface area contributed by atoms with Crippen LogP contribution in [0, 0.1) is 11.3 Å². The normalized spacial score (nSPS) is 13.5. The summed E-state index contributed by atoms with van der Waals surface area (Å²) in [6.45, 7) is 7.25. The smallest absolute Gasteiger partial charge is 0.347 e. The molecule has 0 heterocycles. The number of carbonyl (C=O) groups excluding carboxylic acids is 2. The van der Waals surface area contributed by atoms with E-state index in [0.717, 1.165) is 17.7 Å². The SMILES string of the molecule is CC[C@H](C)c1ccccc1NC(=O)[C@@H](C)OC(=O)[C@@H](C)Oc1ccc(C#N)cc1. The van der Waals surface area contributed by atoms with Gasteiger partial charge in [-0.15, -0.1) is 0 Å². The van der Waals surface area contributed by atoms with Gasteiger partial charge in [0.15, 0.2) is 12.2 Å². The first-order chi connectivity index (χ1) is 13.8. The lowest BCUT2D eigenvalue weighted by molar-refractivity contribution is -0.159. The van der Waals surface area contributed by atoms with Gasteiger partial charge < -0.3 is 14.8 Å². The maximum atomic E-state index is 12.5. The molecule has 29 heavy (non-hydrogen) atoms. The molecule has 2 aromatic carbocycles. The summed E-state index contributed by atoms with van der Waals surface area (Å²) in [5.41, 5.74) is 2.26. The molecule has 6 heteroatoms. The van der Waals surface area contributed by atoms with Gasteiger partial charge >= 0.3 is 5.97 Å². The van der Waals surface area contributed by atoms with E-state index in [1.165, 1.54) is 6.92 Å². The molecule has 0 aliphatic heterocycles. The average Bonchev–Trinajstić information content (AvgIpc) is 2.73. The predicted octanol–water partition coefficient (Wildman–Crippen LogP) is 4.41. The van der Waals surface area contributed by atoms with E-state index in [-0.39, 0.29) is 0 Å². The summed E-state index contributed by atoms with van der Waals surface area (Å²) in [6, 6.07) is 16.0. The van der Waals surface area contributed by atoms with Crippen LogP contribution in [0.25, 0.3) is 0 Å². The van der Waals surface area contributed by atoms with Gasteiger partial charge in [0.2, 0.25) is 0 Å². The lowest BCUT2D eigenvalue weighted by atomic mass is 9.97. The van der Waals surface area contributed by atoms with Gasteiger partial charge in [-0.05, 0) is 62.1 Å². The first-order valence-electron chi connectivity index (χ1n) is 9.62. The molecular weight excluding hydrogens is 368 g/mol. The molecule has 2 rings (SSSR count). The minimum Gasteiger partial charge on any atom is -0.479 e. The Balaban J connectivity index is 1.94. The number of nitrogens with zero attached hydrogens (tertiary/aromatic N) is 1.